The average Bonchev–Trinajstić information content (AvgIpc) is 3.17. The summed E-state index contributed by atoms with van der Waals surface area (Å²) >= 11 is 0. The molecule has 0 radical (unpaired) electrons. The number of allylic oxidation sites excluding steroid dienone is 1. The molecule has 7 atom stereocenters. The van der Waals surface area contributed by atoms with Gasteiger partial charge in [0, 0.05) is 0 Å². The van der Waals surface area contributed by atoms with E-state index in [0.29, 0.717) is 17.3 Å². The lowest BCUT2D eigenvalue weighted by Gasteiger charge is -2.45. The Hall–Kier alpha value is -0.340. The SMILES string of the molecule is CC1=CCC(O)(C(C)C)CC1.CC1C2CC(C3CCCCC3O)C(C2)C1(C)C. The van der Waals surface area contributed by atoms with Crippen molar-refractivity contribution in [2.45, 2.75) is 111 Å². The topological polar surface area (TPSA) is 40.5 Å². The Morgan fingerprint density at radius 3 is 2.25 bits per heavy atom. The first kappa shape index (κ1) is 22.3. The quantitative estimate of drug-likeness (QED) is 0.539. The van der Waals surface area contributed by atoms with Gasteiger partial charge in [-0.15, -0.1) is 0 Å². The van der Waals surface area contributed by atoms with E-state index in [2.05, 4.69) is 47.6 Å². The summed E-state index contributed by atoms with van der Waals surface area (Å²) in [5.74, 6) is 4.58. The van der Waals surface area contributed by atoms with Crippen molar-refractivity contribution in [1.29, 1.82) is 0 Å². The van der Waals surface area contributed by atoms with Crippen LogP contribution in [0.25, 0.3) is 0 Å². The van der Waals surface area contributed by atoms with Crippen LogP contribution in [0.15, 0.2) is 11.6 Å². The van der Waals surface area contributed by atoms with Gasteiger partial charge in [-0.05, 0) is 92.8 Å². The molecule has 28 heavy (non-hydrogen) atoms. The Kier molecular flexibility index (Phi) is 6.72. The van der Waals surface area contributed by atoms with Crippen LogP contribution in [-0.2, 0) is 0 Å². The van der Waals surface area contributed by atoms with Gasteiger partial charge in [-0.3, -0.25) is 0 Å². The zero-order chi connectivity index (χ0) is 20.7. The van der Waals surface area contributed by atoms with E-state index in [0.717, 1.165) is 49.4 Å². The fourth-order valence-electron chi connectivity index (χ4n) is 6.93. The summed E-state index contributed by atoms with van der Waals surface area (Å²) in [7, 11) is 0. The number of aliphatic hydroxyl groups excluding tert-OH is 1. The summed E-state index contributed by atoms with van der Waals surface area (Å²) in [5, 5.41) is 20.3. The zero-order valence-electron chi connectivity index (χ0n) is 19.4. The summed E-state index contributed by atoms with van der Waals surface area (Å²) in [6, 6.07) is 0. The van der Waals surface area contributed by atoms with Gasteiger partial charge in [0.25, 0.3) is 0 Å². The van der Waals surface area contributed by atoms with Crippen LogP contribution >= 0.6 is 0 Å². The molecular formula is C26H46O2. The molecule has 0 saturated heterocycles. The van der Waals surface area contributed by atoms with Gasteiger partial charge in [-0.2, -0.15) is 0 Å². The summed E-state index contributed by atoms with van der Waals surface area (Å²) in [5.41, 5.74) is 1.53. The molecule has 0 aromatic carbocycles. The van der Waals surface area contributed by atoms with Gasteiger partial charge in [0.05, 0.1) is 11.7 Å². The van der Waals surface area contributed by atoms with Gasteiger partial charge in [-0.1, -0.05) is 59.1 Å². The van der Waals surface area contributed by atoms with E-state index in [4.69, 9.17) is 0 Å². The molecule has 0 aromatic heterocycles. The third-order valence-corrected chi connectivity index (χ3v) is 9.65. The Morgan fingerprint density at radius 1 is 1.07 bits per heavy atom. The van der Waals surface area contributed by atoms with Gasteiger partial charge in [-0.25, -0.2) is 0 Å². The molecule has 3 saturated carbocycles. The maximum atomic E-state index is 10.3. The minimum Gasteiger partial charge on any atom is -0.393 e. The van der Waals surface area contributed by atoms with E-state index in [1.807, 2.05) is 0 Å². The highest BCUT2D eigenvalue weighted by Crippen LogP contribution is 2.64. The first-order valence-corrected chi connectivity index (χ1v) is 12.1. The minimum atomic E-state index is -0.417. The number of fused-ring (bicyclic) bond motifs is 2. The van der Waals surface area contributed by atoms with Crippen LogP contribution < -0.4 is 0 Å². The van der Waals surface area contributed by atoms with E-state index in [1.54, 1.807) is 0 Å². The second-order valence-corrected chi connectivity index (χ2v) is 11.6. The van der Waals surface area contributed by atoms with Crippen molar-refractivity contribution in [2.75, 3.05) is 0 Å². The molecule has 2 bridgehead atoms. The highest BCUT2D eigenvalue weighted by atomic mass is 16.3. The zero-order valence-corrected chi connectivity index (χ0v) is 19.4. The summed E-state index contributed by atoms with van der Waals surface area (Å²) in [6.07, 6.45) is 12.8. The molecule has 7 unspecified atom stereocenters. The van der Waals surface area contributed by atoms with Crippen LogP contribution in [0.1, 0.15) is 99.3 Å². The second-order valence-electron chi connectivity index (χ2n) is 11.6. The van der Waals surface area contributed by atoms with Crippen LogP contribution in [0.5, 0.6) is 0 Å². The third kappa shape index (κ3) is 4.24. The van der Waals surface area contributed by atoms with Gasteiger partial charge in [0.1, 0.15) is 0 Å². The van der Waals surface area contributed by atoms with Crippen LogP contribution in [0.4, 0.5) is 0 Å². The van der Waals surface area contributed by atoms with Crippen molar-refractivity contribution < 1.29 is 10.2 Å². The fraction of sp³-hybridized carbons (Fsp3) is 0.923. The largest absolute Gasteiger partial charge is 0.393 e. The standard InChI is InChI=1S/C16H28O.C10H18O/c1-10-11-8-13(14(9-11)16(10,2)3)12-6-4-5-7-15(12)17;1-8(2)10(11)6-4-9(3)5-7-10/h10-15,17H,4-9H2,1-3H3;4,8,11H,5-7H2,1-3H3. The van der Waals surface area contributed by atoms with E-state index in [1.165, 1.54) is 37.7 Å². The summed E-state index contributed by atoms with van der Waals surface area (Å²) < 4.78 is 0. The molecule has 0 aliphatic heterocycles. The lowest BCUT2D eigenvalue weighted by molar-refractivity contribution is -0.0190. The third-order valence-electron chi connectivity index (χ3n) is 9.65. The van der Waals surface area contributed by atoms with Crippen molar-refractivity contribution >= 4 is 0 Å². The molecule has 3 fully saturated rings. The Balaban J connectivity index is 0.000000178. The first-order chi connectivity index (χ1) is 13.1. The molecule has 0 amide bonds. The molecule has 2 heteroatoms. The minimum absolute atomic E-state index is 0.0132. The van der Waals surface area contributed by atoms with Gasteiger partial charge >= 0.3 is 0 Å². The molecule has 0 aromatic rings. The van der Waals surface area contributed by atoms with Crippen LogP contribution in [0, 0.1) is 40.9 Å². The molecule has 0 heterocycles. The van der Waals surface area contributed by atoms with E-state index < -0.39 is 5.60 Å². The molecule has 2 N–H and O–H groups in total. The maximum Gasteiger partial charge on any atom is 0.0707 e. The average molecular weight is 391 g/mol. The number of hydrogen-bond acceptors (Lipinski definition) is 2. The van der Waals surface area contributed by atoms with Gasteiger partial charge in [0.2, 0.25) is 0 Å². The lowest BCUT2D eigenvalue weighted by Crippen LogP contribution is -2.41. The van der Waals surface area contributed by atoms with Crippen molar-refractivity contribution in [3.8, 4) is 0 Å². The predicted octanol–water partition coefficient (Wildman–Crippen LogP) is 6.36. The Bertz CT molecular complexity index is 563. The second kappa shape index (κ2) is 8.42. The highest BCUT2D eigenvalue weighted by molar-refractivity contribution is 5.08. The molecule has 162 valence electrons. The normalized spacial score (nSPS) is 44.8. The molecular weight excluding hydrogens is 344 g/mol. The Morgan fingerprint density at radius 2 is 1.75 bits per heavy atom. The van der Waals surface area contributed by atoms with Crippen molar-refractivity contribution in [3.63, 3.8) is 0 Å². The van der Waals surface area contributed by atoms with Gasteiger partial charge in [0.15, 0.2) is 0 Å². The van der Waals surface area contributed by atoms with E-state index >= 15 is 0 Å². The monoisotopic (exact) mass is 390 g/mol. The molecule has 4 aliphatic carbocycles. The molecule has 4 rings (SSSR count). The molecule has 4 aliphatic rings. The fourth-order valence-corrected chi connectivity index (χ4v) is 6.93. The Labute approximate surface area is 174 Å². The molecule has 2 nitrogen and oxygen atoms in total. The van der Waals surface area contributed by atoms with Crippen molar-refractivity contribution in [3.05, 3.63) is 11.6 Å². The van der Waals surface area contributed by atoms with Crippen LogP contribution in [-0.4, -0.2) is 21.9 Å². The highest BCUT2D eigenvalue weighted by Gasteiger charge is 2.57. The lowest BCUT2D eigenvalue weighted by atomic mass is 9.60. The van der Waals surface area contributed by atoms with E-state index in [-0.39, 0.29) is 6.10 Å². The maximum absolute atomic E-state index is 10.3. The first-order valence-electron chi connectivity index (χ1n) is 12.1. The van der Waals surface area contributed by atoms with Crippen LogP contribution in [0.2, 0.25) is 0 Å². The smallest absolute Gasteiger partial charge is 0.0707 e. The summed E-state index contributed by atoms with van der Waals surface area (Å²) in [6.45, 7) is 13.7. The molecule has 0 spiro atoms. The van der Waals surface area contributed by atoms with Crippen LogP contribution in [0.3, 0.4) is 0 Å². The number of aliphatic hydroxyl groups is 2. The van der Waals surface area contributed by atoms with E-state index in [9.17, 15) is 10.2 Å². The predicted molar refractivity (Wildman–Crippen MR) is 118 cm³/mol. The summed E-state index contributed by atoms with van der Waals surface area (Å²) in [4.78, 5) is 0. The number of hydrogen-bond donors (Lipinski definition) is 2. The van der Waals surface area contributed by atoms with Gasteiger partial charge < -0.3 is 10.2 Å². The van der Waals surface area contributed by atoms with Crippen molar-refractivity contribution in [2.24, 2.45) is 40.9 Å². The number of rotatable bonds is 2. The van der Waals surface area contributed by atoms with Crippen molar-refractivity contribution in [1.82, 2.24) is 0 Å².